The smallest absolute Gasteiger partial charge is 0.251 e. The fraction of sp³-hybridized carbons (Fsp3) is 0.214. The summed E-state index contributed by atoms with van der Waals surface area (Å²) < 4.78 is 5.41. The van der Waals surface area contributed by atoms with E-state index in [9.17, 15) is 4.79 Å². The van der Waals surface area contributed by atoms with Crippen LogP contribution in [-0.4, -0.2) is 30.1 Å². The molecule has 32 heavy (non-hydrogen) atoms. The molecule has 4 nitrogen and oxygen atoms in total. The van der Waals surface area contributed by atoms with E-state index < -0.39 is 0 Å². The van der Waals surface area contributed by atoms with Gasteiger partial charge in [-0.05, 0) is 66.3 Å². The average Bonchev–Trinajstić information content (AvgIpc) is 2.84. The summed E-state index contributed by atoms with van der Waals surface area (Å²) in [5.74, 6) is -0.0401. The van der Waals surface area contributed by atoms with Gasteiger partial charge in [0.1, 0.15) is 0 Å². The van der Waals surface area contributed by atoms with Crippen molar-refractivity contribution in [3.8, 4) is 22.3 Å². The summed E-state index contributed by atoms with van der Waals surface area (Å²) in [5.41, 5.74) is 7.06. The molecule has 5 rings (SSSR count). The fourth-order valence-corrected chi connectivity index (χ4v) is 4.42. The molecule has 2 heterocycles. The maximum Gasteiger partial charge on any atom is 0.251 e. The molecule has 1 amide bonds. The first-order valence-electron chi connectivity index (χ1n) is 11.1. The van der Waals surface area contributed by atoms with Crippen molar-refractivity contribution >= 4 is 16.8 Å². The number of fused-ring (bicyclic) bond motifs is 1. The van der Waals surface area contributed by atoms with Crippen LogP contribution in [0.2, 0.25) is 0 Å². The normalized spacial score (nSPS) is 14.4. The lowest BCUT2D eigenvalue weighted by molar-refractivity contribution is 0.0696. The van der Waals surface area contributed by atoms with Crippen molar-refractivity contribution in [3.05, 3.63) is 90.1 Å². The van der Waals surface area contributed by atoms with Crippen LogP contribution in [0.5, 0.6) is 0 Å². The van der Waals surface area contributed by atoms with Crippen LogP contribution >= 0.6 is 0 Å². The SMILES string of the molecule is Cc1cc(-c2ccccc2-c2ccccc2)c2cc(C(=O)NC3CCOCC3)ccc2n1. The molecule has 1 aliphatic rings. The summed E-state index contributed by atoms with van der Waals surface area (Å²) in [6.45, 7) is 3.42. The van der Waals surface area contributed by atoms with E-state index in [1.165, 1.54) is 5.56 Å². The first-order valence-corrected chi connectivity index (χ1v) is 11.1. The minimum Gasteiger partial charge on any atom is -0.381 e. The number of pyridine rings is 1. The number of carbonyl (C=O) groups is 1. The number of hydrogen-bond acceptors (Lipinski definition) is 3. The molecular formula is C28H26N2O2. The number of aryl methyl sites for hydroxylation is 1. The lowest BCUT2D eigenvalue weighted by atomic mass is 9.91. The highest BCUT2D eigenvalue weighted by atomic mass is 16.5. The van der Waals surface area contributed by atoms with Gasteiger partial charge in [0.15, 0.2) is 0 Å². The summed E-state index contributed by atoms with van der Waals surface area (Å²) in [6, 6.07) is 26.9. The topological polar surface area (TPSA) is 51.2 Å². The van der Waals surface area contributed by atoms with E-state index in [0.29, 0.717) is 18.8 Å². The third-order valence-corrected chi connectivity index (χ3v) is 6.06. The van der Waals surface area contributed by atoms with Gasteiger partial charge >= 0.3 is 0 Å². The average molecular weight is 423 g/mol. The number of aromatic nitrogens is 1. The van der Waals surface area contributed by atoms with Crippen LogP contribution in [0.15, 0.2) is 78.9 Å². The Hall–Kier alpha value is -3.50. The molecule has 0 bridgehead atoms. The van der Waals surface area contributed by atoms with Crippen LogP contribution in [0.4, 0.5) is 0 Å². The van der Waals surface area contributed by atoms with Gasteiger partial charge in [-0.1, -0.05) is 54.6 Å². The summed E-state index contributed by atoms with van der Waals surface area (Å²) in [4.78, 5) is 17.7. The Labute approximate surface area is 188 Å². The number of rotatable bonds is 4. The standard InChI is InChI=1S/C28H26N2O2/c1-19-17-25(24-10-6-5-9-23(24)20-7-3-2-4-8-20)26-18-21(11-12-27(26)29-19)28(31)30-22-13-15-32-16-14-22/h2-12,17-18,22H,13-16H2,1H3,(H,30,31). The molecule has 1 fully saturated rings. The highest BCUT2D eigenvalue weighted by Gasteiger charge is 2.18. The van der Waals surface area contributed by atoms with Crippen LogP contribution in [0.1, 0.15) is 28.9 Å². The van der Waals surface area contributed by atoms with E-state index in [1.54, 1.807) is 0 Å². The van der Waals surface area contributed by atoms with Crippen LogP contribution in [0, 0.1) is 6.92 Å². The zero-order chi connectivity index (χ0) is 21.9. The van der Waals surface area contributed by atoms with E-state index in [-0.39, 0.29) is 11.9 Å². The van der Waals surface area contributed by atoms with Crippen LogP contribution in [0.25, 0.3) is 33.2 Å². The Morgan fingerprint density at radius 2 is 1.59 bits per heavy atom. The maximum absolute atomic E-state index is 13.0. The first-order chi connectivity index (χ1) is 15.7. The van der Waals surface area contributed by atoms with Crippen molar-refractivity contribution in [2.75, 3.05) is 13.2 Å². The number of nitrogens with zero attached hydrogens (tertiary/aromatic N) is 1. The molecule has 160 valence electrons. The van der Waals surface area contributed by atoms with Gasteiger partial charge < -0.3 is 10.1 Å². The summed E-state index contributed by atoms with van der Waals surface area (Å²) >= 11 is 0. The molecule has 0 atom stereocenters. The van der Waals surface area contributed by atoms with Gasteiger partial charge in [0.2, 0.25) is 0 Å². The van der Waals surface area contributed by atoms with E-state index in [4.69, 9.17) is 9.72 Å². The van der Waals surface area contributed by atoms with E-state index in [1.807, 2.05) is 31.2 Å². The van der Waals surface area contributed by atoms with Gasteiger partial charge in [-0.2, -0.15) is 0 Å². The van der Waals surface area contributed by atoms with Gasteiger partial charge in [-0.25, -0.2) is 0 Å². The number of benzene rings is 3. The van der Waals surface area contributed by atoms with Crippen LogP contribution in [-0.2, 0) is 4.74 Å². The monoisotopic (exact) mass is 422 g/mol. The summed E-state index contributed by atoms with van der Waals surface area (Å²) in [6.07, 6.45) is 1.71. The molecule has 0 radical (unpaired) electrons. The minimum atomic E-state index is -0.0401. The van der Waals surface area contributed by atoms with Crippen molar-refractivity contribution in [2.24, 2.45) is 0 Å². The Bertz CT molecular complexity index is 1260. The van der Waals surface area contributed by atoms with Crippen molar-refractivity contribution < 1.29 is 9.53 Å². The number of amides is 1. The molecule has 1 aromatic heterocycles. The largest absolute Gasteiger partial charge is 0.381 e. The van der Waals surface area contributed by atoms with Gasteiger partial charge in [0, 0.05) is 35.9 Å². The predicted molar refractivity (Wildman–Crippen MR) is 129 cm³/mol. The van der Waals surface area contributed by atoms with Gasteiger partial charge in [-0.3, -0.25) is 9.78 Å². The summed E-state index contributed by atoms with van der Waals surface area (Å²) in [7, 11) is 0. The molecular weight excluding hydrogens is 396 g/mol. The molecule has 0 aliphatic carbocycles. The molecule has 1 saturated heterocycles. The second kappa shape index (κ2) is 8.93. The molecule has 1 N–H and O–H groups in total. The second-order valence-corrected chi connectivity index (χ2v) is 8.31. The third-order valence-electron chi connectivity index (χ3n) is 6.06. The number of ether oxygens (including phenoxy) is 1. The maximum atomic E-state index is 13.0. The number of nitrogens with one attached hydrogen (secondary N) is 1. The Balaban J connectivity index is 1.60. The minimum absolute atomic E-state index is 0.0401. The van der Waals surface area contributed by atoms with Crippen molar-refractivity contribution in [2.45, 2.75) is 25.8 Å². The molecule has 0 saturated carbocycles. The molecule has 3 aromatic carbocycles. The molecule has 4 heteroatoms. The fourth-order valence-electron chi connectivity index (χ4n) is 4.42. The summed E-state index contributed by atoms with van der Waals surface area (Å²) in [5, 5.41) is 4.15. The van der Waals surface area contributed by atoms with E-state index in [0.717, 1.165) is 46.1 Å². The van der Waals surface area contributed by atoms with E-state index >= 15 is 0 Å². The van der Waals surface area contributed by atoms with Crippen LogP contribution in [0.3, 0.4) is 0 Å². The van der Waals surface area contributed by atoms with Crippen molar-refractivity contribution in [3.63, 3.8) is 0 Å². The zero-order valence-electron chi connectivity index (χ0n) is 18.2. The quantitative estimate of drug-likeness (QED) is 0.453. The van der Waals surface area contributed by atoms with Gasteiger partial charge in [0.25, 0.3) is 5.91 Å². The zero-order valence-corrected chi connectivity index (χ0v) is 18.2. The lowest BCUT2D eigenvalue weighted by Gasteiger charge is -2.23. The van der Waals surface area contributed by atoms with Crippen molar-refractivity contribution in [1.29, 1.82) is 0 Å². The van der Waals surface area contributed by atoms with Crippen LogP contribution < -0.4 is 5.32 Å². The molecule has 1 aliphatic heterocycles. The second-order valence-electron chi connectivity index (χ2n) is 8.31. The molecule has 0 spiro atoms. The Morgan fingerprint density at radius 3 is 2.38 bits per heavy atom. The first kappa shape index (κ1) is 20.4. The van der Waals surface area contributed by atoms with E-state index in [2.05, 4.69) is 59.9 Å². The highest BCUT2D eigenvalue weighted by molar-refractivity contribution is 6.04. The van der Waals surface area contributed by atoms with Gasteiger partial charge in [-0.15, -0.1) is 0 Å². The molecule has 0 unspecified atom stereocenters. The Morgan fingerprint density at radius 1 is 0.875 bits per heavy atom. The number of carbonyl (C=O) groups excluding carboxylic acids is 1. The lowest BCUT2D eigenvalue weighted by Crippen LogP contribution is -2.38. The van der Waals surface area contributed by atoms with Crippen molar-refractivity contribution in [1.82, 2.24) is 10.3 Å². The predicted octanol–water partition coefficient (Wildman–Crippen LogP) is 5.79. The molecule has 4 aromatic rings. The Kier molecular flexibility index (Phi) is 5.70. The van der Waals surface area contributed by atoms with Gasteiger partial charge in [0.05, 0.1) is 5.52 Å². The highest BCUT2D eigenvalue weighted by Crippen LogP contribution is 2.36. The number of hydrogen-bond donors (Lipinski definition) is 1. The third kappa shape index (κ3) is 4.14.